The van der Waals surface area contributed by atoms with E-state index in [0.717, 1.165) is 35.6 Å². The smallest absolute Gasteiger partial charge is 0.269 e. The Labute approximate surface area is 134 Å². The van der Waals surface area contributed by atoms with E-state index in [-0.39, 0.29) is 5.69 Å². The Morgan fingerprint density at radius 2 is 1.91 bits per heavy atom. The molecule has 1 N–H and O–H groups in total. The summed E-state index contributed by atoms with van der Waals surface area (Å²) in [4.78, 5) is 14.7. The molecule has 1 aliphatic heterocycles. The van der Waals surface area contributed by atoms with E-state index in [1.807, 2.05) is 30.3 Å². The first kappa shape index (κ1) is 15.2. The third-order valence-corrected chi connectivity index (χ3v) is 3.56. The van der Waals surface area contributed by atoms with E-state index in [9.17, 15) is 10.1 Å². The Bertz CT molecular complexity index is 726. The molecule has 1 aliphatic rings. The highest BCUT2D eigenvalue weighted by Gasteiger charge is 2.08. The van der Waals surface area contributed by atoms with Crippen molar-refractivity contribution in [3.8, 4) is 0 Å². The average molecular weight is 311 g/mol. The lowest BCUT2D eigenvalue weighted by Gasteiger charge is -2.06. The molecule has 0 atom stereocenters. The SMILES string of the molecule is O=[N+]([O-])c1cccc(COCc2ccc(C3=NCCN3)cc2)c1. The monoisotopic (exact) mass is 311 g/mol. The number of nitrogens with one attached hydrogen (secondary N) is 1. The van der Waals surface area contributed by atoms with Gasteiger partial charge < -0.3 is 10.1 Å². The fourth-order valence-electron chi connectivity index (χ4n) is 2.40. The first-order valence-electron chi connectivity index (χ1n) is 7.41. The predicted molar refractivity (Wildman–Crippen MR) is 87.4 cm³/mol. The maximum Gasteiger partial charge on any atom is 0.269 e. The van der Waals surface area contributed by atoms with Gasteiger partial charge in [0.2, 0.25) is 0 Å². The van der Waals surface area contributed by atoms with Gasteiger partial charge in [-0.05, 0) is 11.1 Å². The number of non-ortho nitro benzene ring substituents is 1. The van der Waals surface area contributed by atoms with Crippen molar-refractivity contribution in [1.29, 1.82) is 0 Å². The van der Waals surface area contributed by atoms with Gasteiger partial charge in [-0.3, -0.25) is 15.1 Å². The second-order valence-corrected chi connectivity index (χ2v) is 5.27. The summed E-state index contributed by atoms with van der Waals surface area (Å²) in [6, 6.07) is 14.5. The molecule has 23 heavy (non-hydrogen) atoms. The van der Waals surface area contributed by atoms with Crippen LogP contribution in [0, 0.1) is 10.1 Å². The van der Waals surface area contributed by atoms with Gasteiger partial charge in [-0.25, -0.2) is 0 Å². The average Bonchev–Trinajstić information content (AvgIpc) is 3.10. The first-order valence-corrected chi connectivity index (χ1v) is 7.41. The fourth-order valence-corrected chi connectivity index (χ4v) is 2.40. The van der Waals surface area contributed by atoms with E-state index >= 15 is 0 Å². The summed E-state index contributed by atoms with van der Waals surface area (Å²) in [6.45, 7) is 2.52. The summed E-state index contributed by atoms with van der Waals surface area (Å²) in [6.07, 6.45) is 0. The van der Waals surface area contributed by atoms with Crippen molar-refractivity contribution in [3.63, 3.8) is 0 Å². The molecule has 0 unspecified atom stereocenters. The molecular formula is C17H17N3O3. The molecule has 6 nitrogen and oxygen atoms in total. The van der Waals surface area contributed by atoms with Crippen LogP contribution in [0.2, 0.25) is 0 Å². The number of benzene rings is 2. The topological polar surface area (TPSA) is 76.8 Å². The van der Waals surface area contributed by atoms with Crippen LogP contribution in [0.5, 0.6) is 0 Å². The lowest BCUT2D eigenvalue weighted by atomic mass is 10.1. The normalized spacial score (nSPS) is 13.5. The summed E-state index contributed by atoms with van der Waals surface area (Å²) in [5.74, 6) is 0.939. The molecule has 3 rings (SSSR count). The second-order valence-electron chi connectivity index (χ2n) is 5.27. The molecule has 2 aromatic carbocycles. The summed E-state index contributed by atoms with van der Waals surface area (Å²) in [5.41, 5.74) is 3.00. The van der Waals surface area contributed by atoms with Crippen molar-refractivity contribution >= 4 is 11.5 Å². The zero-order chi connectivity index (χ0) is 16.1. The maximum atomic E-state index is 10.7. The van der Waals surface area contributed by atoms with Gasteiger partial charge in [0.15, 0.2) is 0 Å². The quantitative estimate of drug-likeness (QED) is 0.657. The summed E-state index contributed by atoms with van der Waals surface area (Å²) >= 11 is 0. The molecule has 0 amide bonds. The van der Waals surface area contributed by atoms with Crippen LogP contribution in [0.1, 0.15) is 16.7 Å². The lowest BCUT2D eigenvalue weighted by molar-refractivity contribution is -0.384. The number of amidine groups is 1. The van der Waals surface area contributed by atoms with E-state index in [0.29, 0.717) is 13.2 Å². The lowest BCUT2D eigenvalue weighted by Crippen LogP contribution is -2.19. The Morgan fingerprint density at radius 3 is 2.61 bits per heavy atom. The zero-order valence-corrected chi connectivity index (χ0v) is 12.6. The summed E-state index contributed by atoms with van der Waals surface area (Å²) in [7, 11) is 0. The van der Waals surface area contributed by atoms with Gasteiger partial charge in [0.25, 0.3) is 5.69 Å². The van der Waals surface area contributed by atoms with E-state index in [2.05, 4.69) is 10.3 Å². The fraction of sp³-hybridized carbons (Fsp3) is 0.235. The van der Waals surface area contributed by atoms with Crippen LogP contribution < -0.4 is 5.32 Å². The van der Waals surface area contributed by atoms with E-state index in [1.165, 1.54) is 12.1 Å². The molecule has 0 aromatic heterocycles. The van der Waals surface area contributed by atoms with Gasteiger partial charge in [0.1, 0.15) is 5.84 Å². The van der Waals surface area contributed by atoms with Crippen molar-refractivity contribution in [3.05, 3.63) is 75.3 Å². The number of aliphatic imine (C=N–C) groups is 1. The molecule has 0 saturated heterocycles. The zero-order valence-electron chi connectivity index (χ0n) is 12.6. The standard InChI is InChI=1S/C17H17N3O3/c21-20(22)16-3-1-2-14(10-16)12-23-11-13-4-6-15(7-5-13)17-18-8-9-19-17/h1-7,10H,8-9,11-12H2,(H,18,19). The number of hydrogen-bond donors (Lipinski definition) is 1. The van der Waals surface area contributed by atoms with E-state index < -0.39 is 4.92 Å². The number of nitrogens with zero attached hydrogens (tertiary/aromatic N) is 2. The second kappa shape index (κ2) is 7.02. The molecule has 2 aromatic rings. The van der Waals surface area contributed by atoms with Crippen molar-refractivity contribution < 1.29 is 9.66 Å². The number of nitro groups is 1. The number of nitro benzene ring substituents is 1. The minimum atomic E-state index is -0.401. The Kier molecular flexibility index (Phi) is 4.63. The Hall–Kier alpha value is -2.73. The molecule has 0 saturated carbocycles. The first-order chi connectivity index (χ1) is 11.2. The van der Waals surface area contributed by atoms with Gasteiger partial charge in [0.05, 0.1) is 24.7 Å². The molecule has 0 bridgehead atoms. The predicted octanol–water partition coefficient (Wildman–Crippen LogP) is 2.66. The molecule has 6 heteroatoms. The molecule has 0 fully saturated rings. The molecule has 0 aliphatic carbocycles. The van der Waals surface area contributed by atoms with Crippen LogP contribution in [0.3, 0.4) is 0 Å². The molecule has 118 valence electrons. The summed E-state index contributed by atoms with van der Waals surface area (Å²) in [5, 5.41) is 14.0. The number of ether oxygens (including phenoxy) is 1. The van der Waals surface area contributed by atoms with Crippen LogP contribution in [-0.4, -0.2) is 23.8 Å². The minimum absolute atomic E-state index is 0.0836. The largest absolute Gasteiger partial charge is 0.372 e. The maximum absolute atomic E-state index is 10.7. The Morgan fingerprint density at radius 1 is 1.13 bits per heavy atom. The van der Waals surface area contributed by atoms with Crippen molar-refractivity contribution in [2.45, 2.75) is 13.2 Å². The van der Waals surface area contributed by atoms with Gasteiger partial charge in [-0.1, -0.05) is 36.4 Å². The van der Waals surface area contributed by atoms with Gasteiger partial charge in [-0.15, -0.1) is 0 Å². The van der Waals surface area contributed by atoms with Crippen LogP contribution in [-0.2, 0) is 18.0 Å². The van der Waals surface area contributed by atoms with Crippen molar-refractivity contribution in [2.75, 3.05) is 13.1 Å². The molecule has 0 spiro atoms. The van der Waals surface area contributed by atoms with Gasteiger partial charge in [0, 0.05) is 24.2 Å². The number of hydrogen-bond acceptors (Lipinski definition) is 5. The highest BCUT2D eigenvalue weighted by atomic mass is 16.6. The van der Waals surface area contributed by atoms with Crippen LogP contribution in [0.15, 0.2) is 53.5 Å². The molecular weight excluding hydrogens is 294 g/mol. The van der Waals surface area contributed by atoms with Crippen LogP contribution >= 0.6 is 0 Å². The highest BCUT2D eigenvalue weighted by molar-refractivity contribution is 5.99. The van der Waals surface area contributed by atoms with Gasteiger partial charge >= 0.3 is 0 Å². The van der Waals surface area contributed by atoms with Crippen molar-refractivity contribution in [2.24, 2.45) is 4.99 Å². The third-order valence-electron chi connectivity index (χ3n) is 3.56. The number of rotatable bonds is 6. The van der Waals surface area contributed by atoms with Crippen LogP contribution in [0.4, 0.5) is 5.69 Å². The van der Waals surface area contributed by atoms with E-state index in [4.69, 9.17) is 4.74 Å². The van der Waals surface area contributed by atoms with Gasteiger partial charge in [-0.2, -0.15) is 0 Å². The van der Waals surface area contributed by atoms with Crippen molar-refractivity contribution in [1.82, 2.24) is 5.32 Å². The minimum Gasteiger partial charge on any atom is -0.372 e. The third kappa shape index (κ3) is 3.92. The van der Waals surface area contributed by atoms with Crippen LogP contribution in [0.25, 0.3) is 0 Å². The molecule has 0 radical (unpaired) electrons. The molecule has 1 heterocycles. The van der Waals surface area contributed by atoms with E-state index in [1.54, 1.807) is 6.07 Å². The highest BCUT2D eigenvalue weighted by Crippen LogP contribution is 2.15. The Balaban J connectivity index is 1.54. The summed E-state index contributed by atoms with van der Waals surface area (Å²) < 4.78 is 5.64.